The van der Waals surface area contributed by atoms with Gasteiger partial charge in [0.2, 0.25) is 5.13 Å². The summed E-state index contributed by atoms with van der Waals surface area (Å²) < 4.78 is 22.9. The Labute approximate surface area is 120 Å². The summed E-state index contributed by atoms with van der Waals surface area (Å²) in [5.41, 5.74) is 3.91. The molecule has 2 rings (SSSR count). The van der Waals surface area contributed by atoms with Crippen molar-refractivity contribution in [2.75, 3.05) is 11.7 Å². The van der Waals surface area contributed by atoms with Gasteiger partial charge in [-0.05, 0) is 25.1 Å². The first-order valence-corrected chi connectivity index (χ1v) is 8.37. The lowest BCUT2D eigenvalue weighted by atomic mass is 10.2. The van der Waals surface area contributed by atoms with E-state index in [4.69, 9.17) is 0 Å². The normalized spacial score (nSPS) is 11.9. The largest absolute Gasteiger partial charge is 0.507 e. The van der Waals surface area contributed by atoms with Gasteiger partial charge in [-0.15, -0.1) is 11.3 Å². The van der Waals surface area contributed by atoms with Crippen LogP contribution in [0, 0.1) is 6.92 Å². The maximum Gasteiger partial charge on any atom is 0.203 e. The molecular formula is C12H13N3O3S2. The van der Waals surface area contributed by atoms with Gasteiger partial charge in [0.15, 0.2) is 9.84 Å². The molecule has 20 heavy (non-hydrogen) atoms. The van der Waals surface area contributed by atoms with E-state index in [0.717, 1.165) is 11.9 Å². The second-order valence-corrected chi connectivity index (χ2v) is 7.03. The van der Waals surface area contributed by atoms with Crippen molar-refractivity contribution in [3.63, 3.8) is 0 Å². The molecule has 0 aliphatic heterocycles. The highest BCUT2D eigenvalue weighted by Gasteiger charge is 2.09. The van der Waals surface area contributed by atoms with Crippen LogP contribution in [0.25, 0.3) is 0 Å². The lowest BCUT2D eigenvalue weighted by Gasteiger charge is -2.02. The Balaban J connectivity index is 2.20. The van der Waals surface area contributed by atoms with E-state index in [1.165, 1.54) is 35.8 Å². The smallest absolute Gasteiger partial charge is 0.203 e. The van der Waals surface area contributed by atoms with Crippen LogP contribution in [0.15, 0.2) is 33.6 Å². The zero-order valence-electron chi connectivity index (χ0n) is 10.9. The van der Waals surface area contributed by atoms with Crippen LogP contribution in [0.4, 0.5) is 5.13 Å². The number of hydrogen-bond donors (Lipinski definition) is 2. The molecule has 0 aliphatic rings. The molecule has 0 fully saturated rings. The Bertz CT molecular complexity index is 751. The highest BCUT2D eigenvalue weighted by molar-refractivity contribution is 7.90. The first kappa shape index (κ1) is 14.5. The Kier molecular flexibility index (Phi) is 4.05. The predicted molar refractivity (Wildman–Crippen MR) is 79.3 cm³/mol. The molecule has 106 valence electrons. The van der Waals surface area contributed by atoms with Crippen LogP contribution in [0.3, 0.4) is 0 Å². The molecule has 0 spiro atoms. The quantitative estimate of drug-likeness (QED) is 0.665. The van der Waals surface area contributed by atoms with Gasteiger partial charge in [0.1, 0.15) is 5.75 Å². The third-order valence-corrected chi connectivity index (χ3v) is 4.39. The average Bonchev–Trinajstić information content (AvgIpc) is 2.76. The molecule has 8 heteroatoms. The van der Waals surface area contributed by atoms with Gasteiger partial charge in [-0.3, -0.25) is 5.43 Å². The molecule has 0 unspecified atom stereocenters. The Hall–Kier alpha value is -1.93. The molecule has 0 saturated heterocycles. The lowest BCUT2D eigenvalue weighted by Crippen LogP contribution is -1.98. The van der Waals surface area contributed by atoms with E-state index in [2.05, 4.69) is 15.5 Å². The number of anilines is 1. The zero-order chi connectivity index (χ0) is 14.8. The number of phenols is 1. The Morgan fingerprint density at radius 1 is 1.45 bits per heavy atom. The maximum atomic E-state index is 11.4. The van der Waals surface area contributed by atoms with Crippen molar-refractivity contribution < 1.29 is 13.5 Å². The average molecular weight is 311 g/mol. The third-order valence-electron chi connectivity index (χ3n) is 2.41. The molecular weight excluding hydrogens is 298 g/mol. The summed E-state index contributed by atoms with van der Waals surface area (Å²) in [6, 6.07) is 4.04. The minimum absolute atomic E-state index is 0.0433. The number of phenolic OH excluding ortho intramolecular Hbond substituents is 1. The van der Waals surface area contributed by atoms with Crippen LogP contribution in [0.5, 0.6) is 5.75 Å². The maximum absolute atomic E-state index is 11.4. The van der Waals surface area contributed by atoms with E-state index in [9.17, 15) is 13.5 Å². The van der Waals surface area contributed by atoms with Gasteiger partial charge in [0, 0.05) is 17.2 Å². The van der Waals surface area contributed by atoms with Gasteiger partial charge >= 0.3 is 0 Å². The molecule has 6 nitrogen and oxygen atoms in total. The molecule has 1 heterocycles. The van der Waals surface area contributed by atoms with E-state index in [1.54, 1.807) is 0 Å². The van der Waals surface area contributed by atoms with E-state index in [-0.39, 0.29) is 10.6 Å². The van der Waals surface area contributed by atoms with Crippen molar-refractivity contribution in [2.45, 2.75) is 11.8 Å². The molecule has 0 atom stereocenters. The van der Waals surface area contributed by atoms with Crippen LogP contribution in [-0.2, 0) is 9.84 Å². The van der Waals surface area contributed by atoms with Crippen molar-refractivity contribution >= 4 is 32.5 Å². The fourth-order valence-electron chi connectivity index (χ4n) is 1.43. The number of aromatic nitrogens is 1. The first-order valence-electron chi connectivity index (χ1n) is 5.60. The van der Waals surface area contributed by atoms with Gasteiger partial charge in [0.25, 0.3) is 0 Å². The summed E-state index contributed by atoms with van der Waals surface area (Å²) in [5.74, 6) is -0.0433. The van der Waals surface area contributed by atoms with Gasteiger partial charge < -0.3 is 5.11 Å². The number of hydrogen-bond acceptors (Lipinski definition) is 7. The minimum Gasteiger partial charge on any atom is -0.507 e. The van der Waals surface area contributed by atoms with Crippen LogP contribution < -0.4 is 5.43 Å². The van der Waals surface area contributed by atoms with Gasteiger partial charge in [0.05, 0.1) is 16.8 Å². The number of nitrogens with one attached hydrogen (secondary N) is 1. The van der Waals surface area contributed by atoms with E-state index >= 15 is 0 Å². The molecule has 2 aromatic rings. The fraction of sp³-hybridized carbons (Fsp3) is 0.167. The highest BCUT2D eigenvalue weighted by atomic mass is 32.2. The molecule has 0 bridgehead atoms. The number of thiazole rings is 1. The van der Waals surface area contributed by atoms with Crippen molar-refractivity contribution in [1.29, 1.82) is 0 Å². The molecule has 1 aromatic carbocycles. The molecule has 0 aliphatic carbocycles. The second-order valence-electron chi connectivity index (χ2n) is 4.16. The summed E-state index contributed by atoms with van der Waals surface area (Å²) in [4.78, 5) is 4.28. The number of aryl methyl sites for hydroxylation is 1. The summed E-state index contributed by atoms with van der Waals surface area (Å²) in [6.07, 6.45) is 2.46. The van der Waals surface area contributed by atoms with Gasteiger partial charge in [-0.1, -0.05) is 0 Å². The van der Waals surface area contributed by atoms with Crippen LogP contribution >= 0.6 is 11.3 Å². The van der Waals surface area contributed by atoms with E-state index in [0.29, 0.717) is 10.7 Å². The number of benzene rings is 1. The topological polar surface area (TPSA) is 91.7 Å². The second kappa shape index (κ2) is 5.59. The predicted octanol–water partition coefficient (Wildman–Crippen LogP) is 2.01. The molecule has 0 amide bonds. The Morgan fingerprint density at radius 3 is 2.80 bits per heavy atom. The number of sulfone groups is 1. The van der Waals surface area contributed by atoms with Crippen LogP contribution in [-0.4, -0.2) is 31.0 Å². The number of aromatic hydroxyl groups is 1. The summed E-state index contributed by atoms with van der Waals surface area (Å²) in [5, 5.41) is 16.1. The monoisotopic (exact) mass is 311 g/mol. The zero-order valence-corrected chi connectivity index (χ0v) is 12.5. The molecule has 2 N–H and O–H groups in total. The number of nitrogens with zero attached hydrogens (tertiary/aromatic N) is 2. The van der Waals surface area contributed by atoms with E-state index < -0.39 is 9.84 Å². The molecule has 0 saturated carbocycles. The van der Waals surface area contributed by atoms with Gasteiger partial charge in [-0.2, -0.15) is 5.10 Å². The van der Waals surface area contributed by atoms with E-state index in [1.807, 2.05) is 12.3 Å². The van der Waals surface area contributed by atoms with Crippen molar-refractivity contribution in [1.82, 2.24) is 4.98 Å². The first-order chi connectivity index (χ1) is 9.36. The fourth-order valence-corrected chi connectivity index (χ4v) is 2.72. The Morgan fingerprint density at radius 2 is 2.20 bits per heavy atom. The van der Waals surface area contributed by atoms with Crippen molar-refractivity contribution in [2.24, 2.45) is 5.10 Å². The lowest BCUT2D eigenvalue weighted by molar-refractivity contribution is 0.474. The van der Waals surface area contributed by atoms with Gasteiger partial charge in [-0.25, -0.2) is 13.4 Å². The standard InChI is InChI=1S/C12H13N3O3S2/c1-8-7-19-12(14-8)15-13-6-9-5-10(20(2,17)18)3-4-11(9)16/h3-7,16H,1-2H3,(H,14,15). The number of hydrazone groups is 1. The summed E-state index contributed by atoms with van der Waals surface area (Å²) >= 11 is 1.40. The summed E-state index contributed by atoms with van der Waals surface area (Å²) in [6.45, 7) is 1.87. The molecule has 1 aromatic heterocycles. The SMILES string of the molecule is Cc1csc(NN=Cc2cc(S(C)(=O)=O)ccc2O)n1. The molecule has 0 radical (unpaired) electrons. The highest BCUT2D eigenvalue weighted by Crippen LogP contribution is 2.20. The van der Waals surface area contributed by atoms with Crippen molar-refractivity contribution in [3.8, 4) is 5.75 Å². The van der Waals surface area contributed by atoms with Crippen LogP contribution in [0.1, 0.15) is 11.3 Å². The summed E-state index contributed by atoms with van der Waals surface area (Å²) in [7, 11) is -3.32. The van der Waals surface area contributed by atoms with Crippen molar-refractivity contribution in [3.05, 3.63) is 34.8 Å². The third kappa shape index (κ3) is 3.55. The minimum atomic E-state index is -3.32. The number of rotatable bonds is 4. The van der Waals surface area contributed by atoms with Crippen LogP contribution in [0.2, 0.25) is 0 Å².